The van der Waals surface area contributed by atoms with E-state index in [4.69, 9.17) is 0 Å². The van der Waals surface area contributed by atoms with E-state index in [1.807, 2.05) is 40.4 Å². The fourth-order valence-corrected chi connectivity index (χ4v) is 5.35. The number of hydrogen-bond donors (Lipinski definition) is 2. The minimum Gasteiger partial charge on any atom is -0.348 e. The number of hydrogen-bond acceptors (Lipinski definition) is 5. The lowest BCUT2D eigenvalue weighted by molar-refractivity contribution is -0.121. The highest BCUT2D eigenvalue weighted by Crippen LogP contribution is 2.32. The summed E-state index contributed by atoms with van der Waals surface area (Å²) < 4.78 is 0. The SMILES string of the molecule is O=C(N[C@@H]1CCN2C(=O)c3cc(-c4ccsc4)ccc3NC(=O)[C@@H]2C1)c1cccs1. The summed E-state index contributed by atoms with van der Waals surface area (Å²) in [4.78, 5) is 40.9. The van der Waals surface area contributed by atoms with Crippen molar-refractivity contribution in [3.63, 3.8) is 0 Å². The van der Waals surface area contributed by atoms with E-state index < -0.39 is 6.04 Å². The zero-order valence-electron chi connectivity index (χ0n) is 16.0. The number of carbonyl (C=O) groups is 3. The lowest BCUT2D eigenvalue weighted by Gasteiger charge is -2.37. The van der Waals surface area contributed by atoms with Gasteiger partial charge in [-0.2, -0.15) is 11.3 Å². The van der Waals surface area contributed by atoms with Crippen molar-refractivity contribution in [2.24, 2.45) is 0 Å². The Morgan fingerprint density at radius 2 is 2.03 bits per heavy atom. The van der Waals surface area contributed by atoms with Gasteiger partial charge in [-0.1, -0.05) is 12.1 Å². The molecule has 8 heteroatoms. The van der Waals surface area contributed by atoms with Crippen LogP contribution in [-0.2, 0) is 4.79 Å². The number of amides is 3. The highest BCUT2D eigenvalue weighted by atomic mass is 32.1. The van der Waals surface area contributed by atoms with Gasteiger partial charge in [-0.15, -0.1) is 11.3 Å². The molecule has 0 bridgehead atoms. The Morgan fingerprint density at radius 1 is 1.13 bits per heavy atom. The fraction of sp³-hybridized carbons (Fsp3) is 0.227. The maximum Gasteiger partial charge on any atom is 0.261 e. The van der Waals surface area contributed by atoms with E-state index in [2.05, 4.69) is 10.6 Å². The van der Waals surface area contributed by atoms with Crippen molar-refractivity contribution in [3.05, 3.63) is 63.0 Å². The van der Waals surface area contributed by atoms with Gasteiger partial charge in [0.25, 0.3) is 11.8 Å². The number of anilines is 1. The molecule has 1 saturated heterocycles. The van der Waals surface area contributed by atoms with Gasteiger partial charge < -0.3 is 15.5 Å². The molecule has 6 nitrogen and oxygen atoms in total. The molecule has 3 amide bonds. The van der Waals surface area contributed by atoms with Crippen LogP contribution in [0.25, 0.3) is 11.1 Å². The maximum atomic E-state index is 13.3. The summed E-state index contributed by atoms with van der Waals surface area (Å²) in [5.41, 5.74) is 3.06. The zero-order chi connectivity index (χ0) is 20.7. The molecule has 0 spiro atoms. The summed E-state index contributed by atoms with van der Waals surface area (Å²) in [7, 11) is 0. The molecular weight excluding hydrogens is 418 g/mol. The molecule has 3 aromatic rings. The van der Waals surface area contributed by atoms with Gasteiger partial charge in [-0.05, 0) is 64.4 Å². The van der Waals surface area contributed by atoms with Crippen LogP contribution >= 0.6 is 22.7 Å². The van der Waals surface area contributed by atoms with E-state index in [-0.39, 0.29) is 23.8 Å². The normalized spacial score (nSPS) is 20.7. The van der Waals surface area contributed by atoms with Crippen molar-refractivity contribution in [3.8, 4) is 11.1 Å². The Balaban J connectivity index is 1.38. The second-order valence-electron chi connectivity index (χ2n) is 7.45. The highest BCUT2D eigenvalue weighted by Gasteiger charge is 2.40. The van der Waals surface area contributed by atoms with Crippen LogP contribution in [0.2, 0.25) is 0 Å². The van der Waals surface area contributed by atoms with Crippen LogP contribution in [0.4, 0.5) is 5.69 Å². The number of benzene rings is 1. The lowest BCUT2D eigenvalue weighted by atomic mass is 9.96. The fourth-order valence-electron chi connectivity index (χ4n) is 4.06. The third kappa shape index (κ3) is 3.42. The van der Waals surface area contributed by atoms with Crippen LogP contribution in [0.5, 0.6) is 0 Å². The van der Waals surface area contributed by atoms with Crippen molar-refractivity contribution < 1.29 is 14.4 Å². The second-order valence-corrected chi connectivity index (χ2v) is 9.18. The predicted octanol–water partition coefficient (Wildman–Crippen LogP) is 3.83. The Kier molecular flexibility index (Phi) is 4.88. The van der Waals surface area contributed by atoms with Crippen LogP contribution in [0.1, 0.15) is 32.9 Å². The largest absolute Gasteiger partial charge is 0.348 e. The number of fused-ring (bicyclic) bond motifs is 2. The first-order valence-electron chi connectivity index (χ1n) is 9.73. The van der Waals surface area contributed by atoms with E-state index in [1.54, 1.807) is 28.4 Å². The first kappa shape index (κ1) is 19.0. The van der Waals surface area contributed by atoms with Crippen LogP contribution < -0.4 is 10.6 Å². The first-order chi connectivity index (χ1) is 14.6. The monoisotopic (exact) mass is 437 g/mol. The van der Waals surface area contributed by atoms with Gasteiger partial charge in [0.15, 0.2) is 0 Å². The lowest BCUT2D eigenvalue weighted by Crippen LogP contribution is -2.54. The van der Waals surface area contributed by atoms with Gasteiger partial charge in [0.1, 0.15) is 6.04 Å². The summed E-state index contributed by atoms with van der Waals surface area (Å²) in [6.07, 6.45) is 1.02. The topological polar surface area (TPSA) is 78.5 Å². The standard InChI is InChI=1S/C22H19N3O3S2/c26-20-18-11-15(23-21(27)19-2-1-8-30-19)5-7-25(18)22(28)16-10-13(3-4-17(16)24-20)14-6-9-29-12-14/h1-4,6,8-10,12,15,18H,5,7,11H2,(H,23,27)(H,24,26)/t15-,18+/m1/s1. The number of carbonyl (C=O) groups excluding carboxylic acids is 3. The number of piperidine rings is 1. The first-order valence-corrected chi connectivity index (χ1v) is 11.6. The molecule has 2 atom stereocenters. The molecule has 2 aliphatic rings. The number of nitrogens with one attached hydrogen (secondary N) is 2. The van der Waals surface area contributed by atoms with Gasteiger partial charge in [0.2, 0.25) is 5.91 Å². The molecule has 0 aliphatic carbocycles. The molecule has 0 saturated carbocycles. The summed E-state index contributed by atoms with van der Waals surface area (Å²) >= 11 is 2.98. The molecule has 152 valence electrons. The molecular formula is C22H19N3O3S2. The highest BCUT2D eigenvalue weighted by molar-refractivity contribution is 7.12. The van der Waals surface area contributed by atoms with Crippen LogP contribution in [0.15, 0.2) is 52.5 Å². The molecule has 30 heavy (non-hydrogen) atoms. The molecule has 5 rings (SSSR count). The molecule has 0 radical (unpaired) electrons. The van der Waals surface area contributed by atoms with Crippen LogP contribution in [-0.4, -0.2) is 41.2 Å². The minimum atomic E-state index is -0.600. The molecule has 2 aromatic heterocycles. The Hall–Kier alpha value is -2.97. The van der Waals surface area contributed by atoms with E-state index in [0.29, 0.717) is 35.5 Å². The summed E-state index contributed by atoms with van der Waals surface area (Å²) in [6, 6.07) is 10.4. The molecule has 1 aromatic carbocycles. The molecule has 2 N–H and O–H groups in total. The molecule has 0 unspecified atom stereocenters. The Labute approximate surface area is 181 Å². The van der Waals surface area contributed by atoms with Crippen molar-refractivity contribution in [1.82, 2.24) is 10.2 Å². The van der Waals surface area contributed by atoms with Crippen molar-refractivity contribution in [1.29, 1.82) is 0 Å². The smallest absolute Gasteiger partial charge is 0.261 e. The zero-order valence-corrected chi connectivity index (χ0v) is 17.6. The van der Waals surface area contributed by atoms with Crippen LogP contribution in [0.3, 0.4) is 0 Å². The van der Waals surface area contributed by atoms with E-state index in [9.17, 15) is 14.4 Å². The molecule has 2 aliphatic heterocycles. The van der Waals surface area contributed by atoms with Crippen molar-refractivity contribution in [2.45, 2.75) is 24.9 Å². The summed E-state index contributed by atoms with van der Waals surface area (Å²) in [6.45, 7) is 0.425. The molecule has 4 heterocycles. The van der Waals surface area contributed by atoms with Gasteiger partial charge in [-0.3, -0.25) is 14.4 Å². The number of thiophene rings is 2. The van der Waals surface area contributed by atoms with Gasteiger partial charge >= 0.3 is 0 Å². The van der Waals surface area contributed by atoms with Crippen LogP contribution in [0, 0.1) is 0 Å². The predicted molar refractivity (Wildman–Crippen MR) is 118 cm³/mol. The summed E-state index contributed by atoms with van der Waals surface area (Å²) in [5, 5.41) is 11.8. The van der Waals surface area contributed by atoms with Gasteiger partial charge in [0, 0.05) is 12.6 Å². The van der Waals surface area contributed by atoms with E-state index >= 15 is 0 Å². The maximum absolute atomic E-state index is 13.3. The third-order valence-electron chi connectivity index (χ3n) is 5.61. The number of rotatable bonds is 3. The second kappa shape index (κ2) is 7.70. The number of nitrogens with zero attached hydrogens (tertiary/aromatic N) is 1. The Bertz CT molecular complexity index is 1110. The van der Waals surface area contributed by atoms with E-state index in [0.717, 1.165) is 11.1 Å². The van der Waals surface area contributed by atoms with Crippen molar-refractivity contribution >= 4 is 46.1 Å². The quantitative estimate of drug-likeness (QED) is 0.654. The minimum absolute atomic E-state index is 0.132. The average Bonchev–Trinajstić information content (AvgIpc) is 3.46. The van der Waals surface area contributed by atoms with Gasteiger partial charge in [0.05, 0.1) is 16.1 Å². The van der Waals surface area contributed by atoms with E-state index in [1.165, 1.54) is 11.3 Å². The Morgan fingerprint density at radius 3 is 2.80 bits per heavy atom. The average molecular weight is 438 g/mol. The molecule has 1 fully saturated rings. The van der Waals surface area contributed by atoms with Gasteiger partial charge in [-0.25, -0.2) is 0 Å². The third-order valence-corrected chi connectivity index (χ3v) is 7.16. The van der Waals surface area contributed by atoms with Crippen molar-refractivity contribution in [2.75, 3.05) is 11.9 Å². The summed E-state index contributed by atoms with van der Waals surface area (Å²) in [5.74, 6) is -0.485.